The van der Waals surface area contributed by atoms with Crippen LogP contribution in [0.2, 0.25) is 0 Å². The highest BCUT2D eigenvalue weighted by atomic mass is 32.2. The highest BCUT2D eigenvalue weighted by Crippen LogP contribution is 2.34. The van der Waals surface area contributed by atoms with E-state index in [0.29, 0.717) is 0 Å². The van der Waals surface area contributed by atoms with Crippen molar-refractivity contribution in [2.45, 2.75) is 6.92 Å². The van der Waals surface area contributed by atoms with Crippen LogP contribution in [0.1, 0.15) is 6.92 Å². The maximum Gasteiger partial charge on any atom is 0.429 e. The van der Waals surface area contributed by atoms with Crippen LogP contribution in [0.15, 0.2) is 35.0 Å². The van der Waals surface area contributed by atoms with Crippen molar-refractivity contribution in [2.24, 2.45) is 0 Å². The molecule has 0 saturated carbocycles. The largest absolute Gasteiger partial charge is 0.429 e. The lowest BCUT2D eigenvalue weighted by atomic mass is 10.2. The summed E-state index contributed by atoms with van der Waals surface area (Å²) in [5.74, 6) is 0.114. The van der Waals surface area contributed by atoms with Crippen LogP contribution in [-0.2, 0) is 4.79 Å². The molecule has 0 unspecified atom stereocenters. The third-order valence-electron chi connectivity index (χ3n) is 2.63. The van der Waals surface area contributed by atoms with Crippen LogP contribution in [0.25, 0.3) is 0 Å². The van der Waals surface area contributed by atoms with Gasteiger partial charge in [-0.25, -0.2) is 4.79 Å². The number of rotatable bonds is 1. The molecule has 17 heavy (non-hydrogen) atoms. The molecule has 0 fully saturated rings. The van der Waals surface area contributed by atoms with Gasteiger partial charge in [0.15, 0.2) is 11.4 Å². The Morgan fingerprint density at radius 1 is 1.47 bits per heavy atom. The van der Waals surface area contributed by atoms with E-state index in [0.717, 1.165) is 21.5 Å². The standard InChI is InChI=1S/C12H15N2OS2/c1-4-14-11(15)10(17-12(14)16-3)9-7-5-6-8-13(9)2/h5-8H,4H2,1-3H3/q+1/b10-9-. The highest BCUT2D eigenvalue weighted by Gasteiger charge is 2.39. The Morgan fingerprint density at radius 2 is 2.24 bits per heavy atom. The molecule has 2 rings (SSSR count). The zero-order chi connectivity index (χ0) is 12.4. The van der Waals surface area contributed by atoms with Crippen molar-refractivity contribution < 1.29 is 9.37 Å². The Kier molecular flexibility index (Phi) is 3.79. The van der Waals surface area contributed by atoms with E-state index in [1.54, 1.807) is 23.5 Å². The fraction of sp³-hybridized carbons (Fsp3) is 0.333. The first kappa shape index (κ1) is 12.5. The number of nitrogens with zero attached hydrogens (tertiary/aromatic N) is 2. The van der Waals surface area contributed by atoms with Gasteiger partial charge in [-0.1, -0.05) is 17.8 Å². The first-order chi connectivity index (χ1) is 8.19. The average molecular weight is 267 g/mol. The van der Waals surface area contributed by atoms with Crippen LogP contribution in [-0.4, -0.2) is 39.6 Å². The lowest BCUT2D eigenvalue weighted by molar-refractivity contribution is -0.433. The van der Waals surface area contributed by atoms with Gasteiger partial charge in [0, 0.05) is 25.0 Å². The van der Waals surface area contributed by atoms with Crippen molar-refractivity contribution in [3.8, 4) is 0 Å². The summed E-state index contributed by atoms with van der Waals surface area (Å²) in [7, 11) is 1.96. The molecule has 3 nitrogen and oxygen atoms in total. The number of thioether (sulfide) groups is 2. The van der Waals surface area contributed by atoms with Crippen LogP contribution in [0.4, 0.5) is 0 Å². The second-order valence-corrected chi connectivity index (χ2v) is 5.70. The topological polar surface area (TPSA) is 23.3 Å². The van der Waals surface area contributed by atoms with Gasteiger partial charge < -0.3 is 4.90 Å². The second kappa shape index (κ2) is 5.14. The molecule has 0 aromatic carbocycles. The summed E-state index contributed by atoms with van der Waals surface area (Å²) < 4.78 is 2.90. The summed E-state index contributed by atoms with van der Waals surface area (Å²) in [5, 5.41) is 0. The van der Waals surface area contributed by atoms with Crippen molar-refractivity contribution in [1.29, 1.82) is 0 Å². The SMILES string of the molecule is CC[N+]1=C(SC)S/C(=C2/C=CC=CN2C)C1=O. The van der Waals surface area contributed by atoms with Crippen LogP contribution in [0, 0.1) is 0 Å². The third kappa shape index (κ3) is 2.21. The van der Waals surface area contributed by atoms with Gasteiger partial charge in [-0.15, -0.1) is 4.58 Å². The van der Waals surface area contributed by atoms with Gasteiger partial charge in [-0.05, 0) is 25.3 Å². The monoisotopic (exact) mass is 267 g/mol. The Labute approximate surface area is 110 Å². The fourth-order valence-corrected chi connectivity index (χ4v) is 3.76. The molecule has 0 aromatic heterocycles. The molecule has 2 aliphatic rings. The van der Waals surface area contributed by atoms with Crippen molar-refractivity contribution in [3.05, 3.63) is 35.0 Å². The maximum absolute atomic E-state index is 12.3. The van der Waals surface area contributed by atoms with E-state index in [-0.39, 0.29) is 5.91 Å². The molecule has 0 N–H and O–H groups in total. The third-order valence-corrected chi connectivity index (χ3v) is 4.93. The minimum Gasteiger partial charge on any atom is -0.350 e. The van der Waals surface area contributed by atoms with Crippen molar-refractivity contribution in [3.63, 3.8) is 0 Å². The number of carbonyl (C=O) groups excluding carboxylic acids is 1. The number of likely N-dealkylation sites (N-methyl/N-ethyl adjacent to an activating group) is 2. The van der Waals surface area contributed by atoms with Crippen molar-refractivity contribution in [2.75, 3.05) is 19.8 Å². The average Bonchev–Trinajstić information content (AvgIpc) is 2.66. The Bertz CT molecular complexity index is 475. The van der Waals surface area contributed by atoms with Gasteiger partial charge in [-0.2, -0.15) is 0 Å². The molecule has 0 aliphatic carbocycles. The van der Waals surface area contributed by atoms with Gasteiger partial charge in [-0.3, -0.25) is 0 Å². The molecule has 0 aromatic rings. The molecule has 0 atom stereocenters. The molecule has 1 amide bonds. The molecule has 0 bridgehead atoms. The van der Waals surface area contributed by atoms with E-state index < -0.39 is 0 Å². The first-order valence-electron chi connectivity index (χ1n) is 5.41. The van der Waals surface area contributed by atoms with E-state index in [2.05, 4.69) is 0 Å². The molecule has 2 aliphatic heterocycles. The summed E-state index contributed by atoms with van der Waals surface area (Å²) in [4.78, 5) is 15.1. The summed E-state index contributed by atoms with van der Waals surface area (Å²) in [6.07, 6.45) is 9.88. The molecular formula is C12H15N2OS2+. The Balaban J connectivity index is 2.40. The number of amides is 1. The van der Waals surface area contributed by atoms with Crippen molar-refractivity contribution in [1.82, 2.24) is 4.90 Å². The number of hydrogen-bond acceptors (Lipinski definition) is 4. The van der Waals surface area contributed by atoms with E-state index in [1.165, 1.54) is 0 Å². The Morgan fingerprint density at radius 3 is 2.76 bits per heavy atom. The maximum atomic E-state index is 12.3. The predicted molar refractivity (Wildman–Crippen MR) is 75.0 cm³/mol. The van der Waals surface area contributed by atoms with Crippen LogP contribution < -0.4 is 0 Å². The number of hydrogen-bond donors (Lipinski definition) is 0. The molecule has 5 heteroatoms. The van der Waals surface area contributed by atoms with E-state index >= 15 is 0 Å². The normalized spacial score (nSPS) is 24.2. The second-order valence-electron chi connectivity index (χ2n) is 3.65. The number of carbonyl (C=O) groups is 1. The minimum atomic E-state index is 0.114. The van der Waals surface area contributed by atoms with Gasteiger partial charge in [0.1, 0.15) is 0 Å². The van der Waals surface area contributed by atoms with E-state index in [9.17, 15) is 4.79 Å². The van der Waals surface area contributed by atoms with Gasteiger partial charge in [0.05, 0.1) is 5.70 Å². The van der Waals surface area contributed by atoms with Crippen LogP contribution in [0.3, 0.4) is 0 Å². The summed E-state index contributed by atoms with van der Waals surface area (Å²) >= 11 is 3.20. The van der Waals surface area contributed by atoms with Crippen LogP contribution in [0.5, 0.6) is 0 Å². The summed E-state index contributed by atoms with van der Waals surface area (Å²) in [5.41, 5.74) is 0.977. The van der Waals surface area contributed by atoms with Gasteiger partial charge in [0.25, 0.3) is 4.38 Å². The zero-order valence-electron chi connectivity index (χ0n) is 10.1. The molecule has 90 valence electrons. The van der Waals surface area contributed by atoms with Gasteiger partial charge in [0.2, 0.25) is 0 Å². The first-order valence-corrected chi connectivity index (χ1v) is 7.45. The minimum absolute atomic E-state index is 0.114. The smallest absolute Gasteiger partial charge is 0.350 e. The van der Waals surface area contributed by atoms with Gasteiger partial charge >= 0.3 is 5.91 Å². The quantitative estimate of drug-likeness (QED) is 0.537. The van der Waals surface area contributed by atoms with E-state index in [1.807, 2.05) is 54.1 Å². The highest BCUT2D eigenvalue weighted by molar-refractivity contribution is 8.40. The van der Waals surface area contributed by atoms with Crippen molar-refractivity contribution >= 4 is 33.8 Å². The lowest BCUT2D eigenvalue weighted by Crippen LogP contribution is -2.21. The molecule has 0 spiro atoms. The molecule has 0 saturated heterocycles. The number of allylic oxidation sites excluding steroid dienone is 3. The Hall–Kier alpha value is -0.940. The van der Waals surface area contributed by atoms with E-state index in [4.69, 9.17) is 0 Å². The summed E-state index contributed by atoms with van der Waals surface area (Å²) in [6, 6.07) is 0. The van der Waals surface area contributed by atoms with Crippen LogP contribution >= 0.6 is 23.5 Å². The zero-order valence-corrected chi connectivity index (χ0v) is 11.8. The molecular weight excluding hydrogens is 252 g/mol. The lowest BCUT2D eigenvalue weighted by Gasteiger charge is -2.18. The fourth-order valence-electron chi connectivity index (χ4n) is 1.74. The summed E-state index contributed by atoms with van der Waals surface area (Å²) in [6.45, 7) is 2.73. The molecule has 0 radical (unpaired) electrons. The molecule has 2 heterocycles. The predicted octanol–water partition coefficient (Wildman–Crippen LogP) is 2.24.